The van der Waals surface area contributed by atoms with E-state index in [0.717, 1.165) is 21.1 Å². The predicted molar refractivity (Wildman–Crippen MR) is 85.3 cm³/mol. The number of hydrogen-bond acceptors (Lipinski definition) is 2. The third-order valence-corrected chi connectivity index (χ3v) is 3.94. The first-order valence-electron chi connectivity index (χ1n) is 5.91. The van der Waals surface area contributed by atoms with Crippen LogP contribution in [0.1, 0.15) is 0 Å². The summed E-state index contributed by atoms with van der Waals surface area (Å²) >= 11 is 6.69. The summed E-state index contributed by atoms with van der Waals surface area (Å²) in [4.78, 5) is 11.8. The van der Waals surface area contributed by atoms with Crippen molar-refractivity contribution in [3.05, 3.63) is 57.0 Å². The van der Waals surface area contributed by atoms with E-state index in [1.54, 1.807) is 0 Å². The number of nitrogens with one attached hydrogen (secondary N) is 2. The molecule has 2 rings (SSSR count). The molecular weight excluding hydrogens is 410 g/mol. The van der Waals surface area contributed by atoms with Crippen molar-refractivity contribution in [2.45, 2.75) is 0 Å². The minimum absolute atomic E-state index is 0.130. The number of anilines is 2. The molecule has 2 aromatic rings. The van der Waals surface area contributed by atoms with Gasteiger partial charge < -0.3 is 10.6 Å². The largest absolute Gasteiger partial charge is 0.374 e. The Hall–Kier alpha value is -1.47. The molecule has 0 aromatic heterocycles. The molecule has 110 valence electrons. The van der Waals surface area contributed by atoms with Gasteiger partial charge in [-0.25, -0.2) is 8.78 Å². The van der Waals surface area contributed by atoms with E-state index in [9.17, 15) is 13.6 Å². The Balaban J connectivity index is 2.03. The molecule has 21 heavy (non-hydrogen) atoms. The molecule has 0 heterocycles. The van der Waals surface area contributed by atoms with E-state index in [1.165, 1.54) is 6.07 Å². The molecule has 2 N–H and O–H groups in total. The second-order valence-electron chi connectivity index (χ2n) is 4.10. The molecule has 0 aliphatic heterocycles. The first-order chi connectivity index (χ1) is 9.99. The van der Waals surface area contributed by atoms with Crippen LogP contribution in [0.25, 0.3) is 0 Å². The van der Waals surface area contributed by atoms with Crippen molar-refractivity contribution in [1.29, 1.82) is 0 Å². The van der Waals surface area contributed by atoms with Crippen LogP contribution in [0.3, 0.4) is 0 Å². The second kappa shape index (κ2) is 7.00. The summed E-state index contributed by atoms with van der Waals surface area (Å²) in [5.41, 5.74) is 0.233. The van der Waals surface area contributed by atoms with Crippen LogP contribution >= 0.6 is 31.9 Å². The molecule has 0 unspecified atom stereocenters. The third kappa shape index (κ3) is 4.01. The molecule has 0 radical (unpaired) electrons. The number of carbonyl (C=O) groups is 1. The highest BCUT2D eigenvalue weighted by molar-refractivity contribution is 9.11. The molecule has 0 fully saturated rings. The van der Waals surface area contributed by atoms with Crippen molar-refractivity contribution in [1.82, 2.24) is 0 Å². The Morgan fingerprint density at radius 2 is 1.48 bits per heavy atom. The van der Waals surface area contributed by atoms with Gasteiger partial charge in [0.25, 0.3) is 0 Å². The van der Waals surface area contributed by atoms with Gasteiger partial charge >= 0.3 is 0 Å². The summed E-state index contributed by atoms with van der Waals surface area (Å²) in [5.74, 6) is -2.18. The van der Waals surface area contributed by atoms with E-state index < -0.39 is 23.2 Å². The molecule has 0 aliphatic carbocycles. The van der Waals surface area contributed by atoms with Gasteiger partial charge in [0.2, 0.25) is 5.91 Å². The van der Waals surface area contributed by atoms with Gasteiger partial charge in [0, 0.05) is 8.95 Å². The summed E-state index contributed by atoms with van der Waals surface area (Å²) in [6.45, 7) is -0.130. The van der Waals surface area contributed by atoms with Crippen molar-refractivity contribution < 1.29 is 13.6 Å². The standard InChI is InChI=1S/C14H10Br2F2N2O/c15-8-3-1-4-9(16)13(8)19-7-12(21)20-14-10(17)5-2-6-11(14)18/h1-6,19H,7H2,(H,20,21). The molecule has 0 bridgehead atoms. The Morgan fingerprint density at radius 1 is 0.952 bits per heavy atom. The van der Waals surface area contributed by atoms with E-state index >= 15 is 0 Å². The smallest absolute Gasteiger partial charge is 0.243 e. The van der Waals surface area contributed by atoms with Gasteiger partial charge in [-0.3, -0.25) is 4.79 Å². The minimum atomic E-state index is -0.814. The fraction of sp³-hybridized carbons (Fsp3) is 0.0714. The van der Waals surface area contributed by atoms with Crippen LogP contribution in [0.5, 0.6) is 0 Å². The monoisotopic (exact) mass is 418 g/mol. The summed E-state index contributed by atoms with van der Waals surface area (Å²) < 4.78 is 28.4. The van der Waals surface area contributed by atoms with Crippen molar-refractivity contribution in [2.24, 2.45) is 0 Å². The number of rotatable bonds is 4. The minimum Gasteiger partial charge on any atom is -0.374 e. The first kappa shape index (κ1) is 15.9. The molecule has 0 spiro atoms. The van der Waals surface area contributed by atoms with Crippen LogP contribution in [0, 0.1) is 11.6 Å². The van der Waals surface area contributed by atoms with Crippen molar-refractivity contribution in [3.63, 3.8) is 0 Å². The zero-order valence-electron chi connectivity index (χ0n) is 10.6. The van der Waals surface area contributed by atoms with Gasteiger partial charge in [-0.2, -0.15) is 0 Å². The second-order valence-corrected chi connectivity index (χ2v) is 5.80. The summed E-state index contributed by atoms with van der Waals surface area (Å²) in [6.07, 6.45) is 0. The van der Waals surface area contributed by atoms with E-state index in [4.69, 9.17) is 0 Å². The lowest BCUT2D eigenvalue weighted by Crippen LogP contribution is -2.23. The maximum Gasteiger partial charge on any atom is 0.243 e. The number of carbonyl (C=O) groups excluding carboxylic acids is 1. The van der Waals surface area contributed by atoms with Gasteiger partial charge in [0.15, 0.2) is 0 Å². The first-order valence-corrected chi connectivity index (χ1v) is 7.49. The van der Waals surface area contributed by atoms with Crippen LogP contribution in [-0.4, -0.2) is 12.5 Å². The van der Waals surface area contributed by atoms with Crippen LogP contribution in [-0.2, 0) is 4.79 Å². The summed E-state index contributed by atoms with van der Waals surface area (Å²) in [6, 6.07) is 8.83. The Labute approximate surface area is 137 Å². The quantitative estimate of drug-likeness (QED) is 0.763. The van der Waals surface area contributed by atoms with E-state index in [2.05, 4.69) is 42.5 Å². The Bertz CT molecular complexity index is 640. The highest BCUT2D eigenvalue weighted by atomic mass is 79.9. The zero-order valence-corrected chi connectivity index (χ0v) is 13.8. The molecule has 7 heteroatoms. The SMILES string of the molecule is O=C(CNc1c(Br)cccc1Br)Nc1c(F)cccc1F. The maximum absolute atomic E-state index is 13.4. The fourth-order valence-electron chi connectivity index (χ4n) is 1.64. The molecule has 0 saturated carbocycles. The lowest BCUT2D eigenvalue weighted by atomic mass is 10.3. The lowest BCUT2D eigenvalue weighted by Gasteiger charge is -2.11. The highest BCUT2D eigenvalue weighted by Crippen LogP contribution is 2.30. The molecule has 3 nitrogen and oxygen atoms in total. The Morgan fingerprint density at radius 3 is 2.05 bits per heavy atom. The number of para-hydroxylation sites is 2. The third-order valence-electron chi connectivity index (χ3n) is 2.62. The van der Waals surface area contributed by atoms with Crippen LogP contribution in [0.4, 0.5) is 20.2 Å². The van der Waals surface area contributed by atoms with E-state index in [0.29, 0.717) is 5.69 Å². The molecule has 1 amide bonds. The van der Waals surface area contributed by atoms with Gasteiger partial charge in [-0.1, -0.05) is 12.1 Å². The fourth-order valence-corrected chi connectivity index (χ4v) is 2.92. The topological polar surface area (TPSA) is 41.1 Å². The van der Waals surface area contributed by atoms with Crippen molar-refractivity contribution >= 4 is 49.1 Å². The lowest BCUT2D eigenvalue weighted by molar-refractivity contribution is -0.114. The summed E-state index contributed by atoms with van der Waals surface area (Å²) in [7, 11) is 0. The molecule has 0 atom stereocenters. The maximum atomic E-state index is 13.4. The summed E-state index contributed by atoms with van der Waals surface area (Å²) in [5, 5.41) is 5.10. The average molecular weight is 420 g/mol. The zero-order chi connectivity index (χ0) is 15.4. The molecular formula is C14H10Br2F2N2O. The molecule has 2 aromatic carbocycles. The Kier molecular flexibility index (Phi) is 5.30. The normalized spacial score (nSPS) is 10.3. The van der Waals surface area contributed by atoms with Crippen LogP contribution in [0.2, 0.25) is 0 Å². The number of hydrogen-bond donors (Lipinski definition) is 2. The van der Waals surface area contributed by atoms with Gasteiger partial charge in [0.1, 0.15) is 17.3 Å². The average Bonchev–Trinajstić information content (AvgIpc) is 2.42. The van der Waals surface area contributed by atoms with Crippen LogP contribution in [0.15, 0.2) is 45.3 Å². The molecule has 0 aliphatic rings. The highest BCUT2D eigenvalue weighted by Gasteiger charge is 2.12. The van der Waals surface area contributed by atoms with Gasteiger partial charge in [0.05, 0.1) is 12.2 Å². The van der Waals surface area contributed by atoms with Gasteiger partial charge in [-0.15, -0.1) is 0 Å². The number of halogens is 4. The van der Waals surface area contributed by atoms with Crippen molar-refractivity contribution in [2.75, 3.05) is 17.2 Å². The molecule has 0 saturated heterocycles. The van der Waals surface area contributed by atoms with E-state index in [1.807, 2.05) is 18.2 Å². The predicted octanol–water partition coefficient (Wildman–Crippen LogP) is 4.54. The van der Waals surface area contributed by atoms with Crippen molar-refractivity contribution in [3.8, 4) is 0 Å². The van der Waals surface area contributed by atoms with E-state index in [-0.39, 0.29) is 6.54 Å². The number of amides is 1. The van der Waals surface area contributed by atoms with Crippen LogP contribution < -0.4 is 10.6 Å². The van der Waals surface area contributed by atoms with Gasteiger partial charge in [-0.05, 0) is 56.1 Å². The number of benzene rings is 2.